The zero-order chi connectivity index (χ0) is 20.3. The largest absolute Gasteiger partial charge is 0.496 e. The lowest BCUT2D eigenvalue weighted by atomic mass is 10.1. The van der Waals surface area contributed by atoms with Crippen LogP contribution in [0.3, 0.4) is 0 Å². The highest BCUT2D eigenvalue weighted by molar-refractivity contribution is 5.71. The smallest absolute Gasteiger partial charge is 0.416 e. The molecular formula is C18H13F3N4O3. The van der Waals surface area contributed by atoms with E-state index in [-0.39, 0.29) is 11.6 Å². The van der Waals surface area contributed by atoms with Gasteiger partial charge in [0.15, 0.2) is 0 Å². The molecule has 0 aliphatic rings. The maximum absolute atomic E-state index is 12.6. The van der Waals surface area contributed by atoms with Gasteiger partial charge in [-0.15, -0.1) is 0 Å². The number of non-ortho nitro benzene ring substituents is 1. The average molecular weight is 390 g/mol. The zero-order valence-electron chi connectivity index (χ0n) is 14.4. The highest BCUT2D eigenvalue weighted by Crippen LogP contribution is 2.33. The summed E-state index contributed by atoms with van der Waals surface area (Å²) < 4.78 is 43.2. The van der Waals surface area contributed by atoms with Gasteiger partial charge in [-0.1, -0.05) is 0 Å². The third-order valence-corrected chi connectivity index (χ3v) is 3.79. The molecule has 1 N–H and O–H groups in total. The molecule has 10 heteroatoms. The molecule has 2 aromatic carbocycles. The van der Waals surface area contributed by atoms with Gasteiger partial charge in [-0.3, -0.25) is 10.1 Å². The van der Waals surface area contributed by atoms with Crippen molar-refractivity contribution in [2.45, 2.75) is 6.18 Å². The predicted molar refractivity (Wildman–Crippen MR) is 95.4 cm³/mol. The summed E-state index contributed by atoms with van der Waals surface area (Å²) >= 11 is 0. The molecule has 1 aromatic heterocycles. The van der Waals surface area contributed by atoms with Gasteiger partial charge in [-0.2, -0.15) is 13.2 Å². The second-order valence-corrected chi connectivity index (χ2v) is 5.61. The Morgan fingerprint density at radius 3 is 2.43 bits per heavy atom. The van der Waals surface area contributed by atoms with Gasteiger partial charge >= 0.3 is 6.18 Å². The quantitative estimate of drug-likeness (QED) is 0.496. The van der Waals surface area contributed by atoms with E-state index in [1.54, 1.807) is 6.07 Å². The van der Waals surface area contributed by atoms with Gasteiger partial charge < -0.3 is 10.1 Å². The molecule has 0 unspecified atom stereocenters. The van der Waals surface area contributed by atoms with Gasteiger partial charge in [0.25, 0.3) is 5.69 Å². The lowest BCUT2D eigenvalue weighted by Crippen LogP contribution is -2.05. The zero-order valence-corrected chi connectivity index (χ0v) is 14.4. The van der Waals surface area contributed by atoms with Crippen LogP contribution in [0.1, 0.15) is 5.56 Å². The molecule has 7 nitrogen and oxygen atoms in total. The van der Waals surface area contributed by atoms with E-state index in [1.807, 2.05) is 0 Å². The van der Waals surface area contributed by atoms with E-state index in [2.05, 4.69) is 15.3 Å². The summed E-state index contributed by atoms with van der Waals surface area (Å²) in [6.45, 7) is 0. The van der Waals surface area contributed by atoms with Gasteiger partial charge in [0.05, 0.1) is 23.3 Å². The minimum Gasteiger partial charge on any atom is -0.496 e. The van der Waals surface area contributed by atoms with E-state index in [0.29, 0.717) is 22.7 Å². The molecule has 0 saturated heterocycles. The number of alkyl halides is 3. The standard InChI is InChI=1S/C18H13F3N4O3/c1-28-16-7-6-13(25(26)27)10-14(16)15-8-9-22-17(24-15)23-12-4-2-11(3-5-12)18(19,20)21/h2-10H,1H3,(H,22,23,24). The molecule has 144 valence electrons. The molecule has 0 atom stereocenters. The minimum atomic E-state index is -4.42. The number of benzene rings is 2. The summed E-state index contributed by atoms with van der Waals surface area (Å²) in [5.74, 6) is 0.496. The summed E-state index contributed by atoms with van der Waals surface area (Å²) in [5.41, 5.74) is 0.191. The normalized spacial score (nSPS) is 11.1. The van der Waals surface area contributed by atoms with Gasteiger partial charge in [0.2, 0.25) is 5.95 Å². The first-order valence-electron chi connectivity index (χ1n) is 7.88. The van der Waals surface area contributed by atoms with Crippen LogP contribution < -0.4 is 10.1 Å². The molecular weight excluding hydrogens is 377 g/mol. The molecule has 0 bridgehead atoms. The Morgan fingerprint density at radius 1 is 1.11 bits per heavy atom. The van der Waals surface area contributed by atoms with Crippen molar-refractivity contribution < 1.29 is 22.8 Å². The van der Waals surface area contributed by atoms with Crippen LogP contribution in [0.5, 0.6) is 5.75 Å². The second kappa shape index (κ2) is 7.51. The lowest BCUT2D eigenvalue weighted by Gasteiger charge is -2.11. The van der Waals surface area contributed by atoms with Gasteiger partial charge in [-0.05, 0) is 36.4 Å². The van der Waals surface area contributed by atoms with E-state index in [4.69, 9.17) is 4.74 Å². The Kier molecular flexibility index (Phi) is 5.12. The summed E-state index contributed by atoms with van der Waals surface area (Å²) in [6.07, 6.45) is -3.00. The molecule has 28 heavy (non-hydrogen) atoms. The Labute approximate surface area is 157 Å². The van der Waals surface area contributed by atoms with Gasteiger partial charge in [-0.25, -0.2) is 9.97 Å². The van der Waals surface area contributed by atoms with Crippen molar-refractivity contribution in [1.82, 2.24) is 9.97 Å². The number of nitro benzene ring substituents is 1. The molecule has 0 aliphatic carbocycles. The van der Waals surface area contributed by atoms with E-state index in [1.165, 1.54) is 43.6 Å². The van der Waals surface area contributed by atoms with Gasteiger partial charge in [0.1, 0.15) is 5.75 Å². The fourth-order valence-corrected chi connectivity index (χ4v) is 2.45. The Balaban J connectivity index is 1.91. The van der Waals surface area contributed by atoms with Crippen molar-refractivity contribution in [2.24, 2.45) is 0 Å². The monoisotopic (exact) mass is 390 g/mol. The van der Waals surface area contributed by atoms with Crippen LogP contribution in [-0.4, -0.2) is 22.0 Å². The van der Waals surface area contributed by atoms with Crippen LogP contribution in [0.25, 0.3) is 11.3 Å². The molecule has 0 spiro atoms. The average Bonchev–Trinajstić information content (AvgIpc) is 2.67. The van der Waals surface area contributed by atoms with Crippen LogP contribution in [0, 0.1) is 10.1 Å². The number of anilines is 2. The number of methoxy groups -OCH3 is 1. The van der Waals surface area contributed by atoms with Crippen molar-refractivity contribution >= 4 is 17.3 Å². The van der Waals surface area contributed by atoms with E-state index >= 15 is 0 Å². The highest BCUT2D eigenvalue weighted by Gasteiger charge is 2.29. The van der Waals surface area contributed by atoms with Crippen LogP contribution >= 0.6 is 0 Å². The van der Waals surface area contributed by atoms with Crippen molar-refractivity contribution in [3.63, 3.8) is 0 Å². The first-order valence-corrected chi connectivity index (χ1v) is 7.88. The summed E-state index contributed by atoms with van der Waals surface area (Å²) in [5, 5.41) is 13.8. The molecule has 3 aromatic rings. The second-order valence-electron chi connectivity index (χ2n) is 5.61. The van der Waals surface area contributed by atoms with Crippen LogP contribution in [0.15, 0.2) is 54.7 Å². The first-order chi connectivity index (χ1) is 13.3. The molecule has 0 radical (unpaired) electrons. The summed E-state index contributed by atoms with van der Waals surface area (Å²) in [4.78, 5) is 18.8. The van der Waals surface area contributed by atoms with E-state index in [0.717, 1.165) is 12.1 Å². The molecule has 3 rings (SSSR count). The van der Waals surface area contributed by atoms with Crippen LogP contribution in [-0.2, 0) is 6.18 Å². The number of aromatic nitrogens is 2. The molecule has 1 heterocycles. The van der Waals surface area contributed by atoms with Gasteiger partial charge in [0, 0.05) is 29.6 Å². The molecule has 0 amide bonds. The maximum atomic E-state index is 12.6. The Hall–Kier alpha value is -3.69. The fourth-order valence-electron chi connectivity index (χ4n) is 2.45. The number of rotatable bonds is 5. The number of nitrogens with one attached hydrogen (secondary N) is 1. The number of hydrogen-bond donors (Lipinski definition) is 1. The summed E-state index contributed by atoms with van der Waals surface area (Å²) in [6, 6.07) is 10.0. The minimum absolute atomic E-state index is 0.116. The molecule has 0 fully saturated rings. The van der Waals surface area contributed by atoms with E-state index in [9.17, 15) is 23.3 Å². The number of nitrogens with zero attached hydrogens (tertiary/aromatic N) is 3. The van der Waals surface area contributed by atoms with Crippen molar-refractivity contribution in [1.29, 1.82) is 0 Å². The van der Waals surface area contributed by atoms with Crippen LogP contribution in [0.4, 0.5) is 30.5 Å². The third kappa shape index (κ3) is 4.17. The Bertz CT molecular complexity index is 1010. The van der Waals surface area contributed by atoms with E-state index < -0.39 is 16.7 Å². The molecule has 0 aliphatic heterocycles. The predicted octanol–water partition coefficient (Wildman–Crippen LogP) is 4.82. The topological polar surface area (TPSA) is 90.2 Å². The lowest BCUT2D eigenvalue weighted by molar-refractivity contribution is -0.384. The SMILES string of the molecule is COc1ccc([N+](=O)[O-])cc1-c1ccnc(Nc2ccc(C(F)(F)F)cc2)n1. The van der Waals surface area contributed by atoms with Crippen LogP contribution in [0.2, 0.25) is 0 Å². The highest BCUT2D eigenvalue weighted by atomic mass is 19.4. The summed E-state index contributed by atoms with van der Waals surface area (Å²) in [7, 11) is 1.42. The fraction of sp³-hybridized carbons (Fsp3) is 0.111. The Morgan fingerprint density at radius 2 is 1.82 bits per heavy atom. The first kappa shape index (κ1) is 19.1. The van der Waals surface area contributed by atoms with Crippen molar-refractivity contribution in [2.75, 3.05) is 12.4 Å². The van der Waals surface area contributed by atoms with Crippen molar-refractivity contribution in [3.05, 3.63) is 70.4 Å². The van der Waals surface area contributed by atoms with Crippen molar-refractivity contribution in [3.8, 4) is 17.0 Å². The molecule has 0 saturated carbocycles. The third-order valence-electron chi connectivity index (χ3n) is 3.79. The number of ether oxygens (including phenoxy) is 1. The number of nitro groups is 1. The maximum Gasteiger partial charge on any atom is 0.416 e. The number of hydrogen-bond acceptors (Lipinski definition) is 6. The number of halogens is 3.